The van der Waals surface area contributed by atoms with Gasteiger partial charge in [-0.1, -0.05) is 48.0 Å². The molecule has 0 saturated carbocycles. The van der Waals surface area contributed by atoms with Crippen LogP contribution in [0, 0.1) is 11.8 Å². The van der Waals surface area contributed by atoms with E-state index < -0.39 is 53.5 Å². The average molecular weight is 544 g/mol. The Kier molecular flexibility index (Phi) is 7.30. The van der Waals surface area contributed by atoms with Crippen molar-refractivity contribution in [2.45, 2.75) is 43.6 Å². The van der Waals surface area contributed by atoms with E-state index in [2.05, 4.69) is 5.32 Å². The number of aliphatic hydroxyl groups excluding tert-OH is 1. The molecule has 0 bridgehead atoms. The molecule has 2 fully saturated rings. The molecule has 1 spiro atoms. The minimum absolute atomic E-state index is 0.105. The number of allylic oxidation sites excluding steroid dienone is 1. The number of para-hydroxylation sites is 1. The molecule has 3 amide bonds. The van der Waals surface area contributed by atoms with E-state index in [-0.39, 0.29) is 38.6 Å². The lowest BCUT2D eigenvalue weighted by atomic mass is 9.78. The van der Waals surface area contributed by atoms with Crippen LogP contribution < -0.4 is 10.2 Å². The first-order valence-corrected chi connectivity index (χ1v) is 13.1. The molecule has 4 aliphatic rings. The molecule has 1 aromatic rings. The van der Waals surface area contributed by atoms with Crippen molar-refractivity contribution in [3.63, 3.8) is 0 Å². The summed E-state index contributed by atoms with van der Waals surface area (Å²) in [6, 6.07) is 5.78. The summed E-state index contributed by atoms with van der Waals surface area (Å²) >= 11 is 6.42. The number of β-amino-alcohol motifs (C(OH)–C–C–N with tert-alkyl or cyclic N) is 1. The molecule has 2 saturated heterocycles. The molecule has 6 atom stereocenters. The number of carbonyl (C=O) groups is 4. The molecular weight excluding hydrogens is 514 g/mol. The molecule has 11 heteroatoms. The number of nitrogens with zero attached hydrogens (tertiary/aromatic N) is 2. The summed E-state index contributed by atoms with van der Waals surface area (Å²) in [7, 11) is 0. The third kappa shape index (κ3) is 4.40. The van der Waals surface area contributed by atoms with Gasteiger partial charge in [0.2, 0.25) is 11.8 Å². The van der Waals surface area contributed by atoms with Gasteiger partial charge in [-0.05, 0) is 25.5 Å². The van der Waals surface area contributed by atoms with Crippen LogP contribution in [0.15, 0.2) is 48.6 Å². The van der Waals surface area contributed by atoms with Crippen LogP contribution in [-0.4, -0.2) is 83.8 Å². The smallest absolute Gasteiger partial charge is 0.313 e. The number of aliphatic hydroxyl groups is 1. The zero-order valence-corrected chi connectivity index (χ0v) is 21.7. The topological polar surface area (TPSA) is 125 Å². The molecule has 4 heterocycles. The van der Waals surface area contributed by atoms with Crippen LogP contribution in [-0.2, 0) is 28.7 Å². The van der Waals surface area contributed by atoms with Gasteiger partial charge in [0.05, 0.1) is 35.9 Å². The first-order chi connectivity index (χ1) is 18.3. The largest absolute Gasteiger partial charge is 0.460 e. The third-order valence-corrected chi connectivity index (χ3v) is 7.84. The molecule has 0 aromatic heterocycles. The van der Waals surface area contributed by atoms with Gasteiger partial charge in [0.25, 0.3) is 5.91 Å². The van der Waals surface area contributed by atoms with Crippen molar-refractivity contribution in [3.05, 3.63) is 53.6 Å². The Morgan fingerprint density at radius 3 is 2.71 bits per heavy atom. The Morgan fingerprint density at radius 2 is 1.95 bits per heavy atom. The lowest BCUT2D eigenvalue weighted by Crippen LogP contribution is -2.55. The van der Waals surface area contributed by atoms with E-state index in [9.17, 15) is 24.3 Å². The maximum atomic E-state index is 14.2. The van der Waals surface area contributed by atoms with Gasteiger partial charge in [-0.3, -0.25) is 19.2 Å². The Labute approximate surface area is 225 Å². The SMILES string of the molecule is C[C@@H]1CNC(=O)CC/C=C\[C@H]2O[C@]34C=CCN(c5ccccc5Cl)C(=O)[C@H]3N(CCO)C(=O)[C@@H]4[C@H]2C(=O)O1. The molecule has 0 radical (unpaired) electrons. The van der Waals surface area contributed by atoms with Crippen molar-refractivity contribution < 1.29 is 33.8 Å². The van der Waals surface area contributed by atoms with Gasteiger partial charge in [0.1, 0.15) is 23.7 Å². The highest BCUT2D eigenvalue weighted by molar-refractivity contribution is 6.34. The summed E-state index contributed by atoms with van der Waals surface area (Å²) in [6.07, 6.45) is 6.06. The number of amides is 3. The molecule has 4 aliphatic heterocycles. The number of anilines is 1. The number of nitrogens with one attached hydrogen (secondary N) is 1. The Morgan fingerprint density at radius 1 is 1.16 bits per heavy atom. The summed E-state index contributed by atoms with van der Waals surface area (Å²) in [5.41, 5.74) is -0.981. The highest BCUT2D eigenvalue weighted by Crippen LogP contribution is 2.53. The van der Waals surface area contributed by atoms with Gasteiger partial charge in [-0.2, -0.15) is 0 Å². The van der Waals surface area contributed by atoms with Gasteiger partial charge in [-0.15, -0.1) is 0 Å². The summed E-state index contributed by atoms with van der Waals surface area (Å²) < 4.78 is 12.2. The Balaban J connectivity index is 1.59. The predicted molar refractivity (Wildman–Crippen MR) is 137 cm³/mol. The fourth-order valence-electron chi connectivity index (χ4n) is 5.90. The minimum Gasteiger partial charge on any atom is -0.460 e. The summed E-state index contributed by atoms with van der Waals surface area (Å²) in [4.78, 5) is 56.4. The van der Waals surface area contributed by atoms with Crippen molar-refractivity contribution in [2.75, 3.05) is 31.1 Å². The fraction of sp³-hybridized carbons (Fsp3) is 0.481. The number of ether oxygens (including phenoxy) is 2. The number of fused-ring (bicyclic) bond motifs is 2. The number of cyclic esters (lactones) is 1. The van der Waals surface area contributed by atoms with Gasteiger partial charge >= 0.3 is 5.97 Å². The monoisotopic (exact) mass is 543 g/mol. The van der Waals surface area contributed by atoms with Crippen LogP contribution in [0.5, 0.6) is 0 Å². The lowest BCUT2D eigenvalue weighted by molar-refractivity contribution is -0.158. The summed E-state index contributed by atoms with van der Waals surface area (Å²) in [6.45, 7) is 1.50. The second kappa shape index (κ2) is 10.5. The number of carbonyl (C=O) groups excluding carboxylic acids is 4. The van der Waals surface area contributed by atoms with E-state index in [1.54, 1.807) is 55.5 Å². The zero-order chi connectivity index (χ0) is 27.0. The maximum Gasteiger partial charge on any atom is 0.313 e. The predicted octanol–water partition coefficient (Wildman–Crippen LogP) is 1.21. The van der Waals surface area contributed by atoms with Gasteiger partial charge in [0, 0.05) is 19.5 Å². The van der Waals surface area contributed by atoms with E-state index in [1.165, 1.54) is 9.80 Å². The van der Waals surface area contributed by atoms with E-state index in [4.69, 9.17) is 21.1 Å². The highest BCUT2D eigenvalue weighted by atomic mass is 35.5. The first-order valence-electron chi connectivity index (χ1n) is 12.7. The zero-order valence-electron chi connectivity index (χ0n) is 20.9. The molecule has 0 unspecified atom stereocenters. The normalized spacial score (nSPS) is 34.3. The van der Waals surface area contributed by atoms with Crippen molar-refractivity contribution in [2.24, 2.45) is 11.8 Å². The van der Waals surface area contributed by atoms with Gasteiger partial charge in [0.15, 0.2) is 0 Å². The van der Waals surface area contributed by atoms with Crippen LogP contribution in [0.2, 0.25) is 5.02 Å². The molecule has 10 nitrogen and oxygen atoms in total. The molecule has 202 valence electrons. The molecular formula is C27H30ClN3O7. The number of likely N-dealkylation sites (tertiary alicyclic amines) is 1. The van der Waals surface area contributed by atoms with E-state index in [0.29, 0.717) is 17.1 Å². The highest BCUT2D eigenvalue weighted by Gasteiger charge is 2.71. The first kappa shape index (κ1) is 26.4. The standard InChI is InChI=1S/C27H30ClN3O7/c1-16-15-29-20(33)10-5-4-9-19-21(26(36)37-16)22-24(34)31(13-14-32)23-25(35)30(12-6-11-27(22,23)38-19)18-8-3-2-7-17(18)28/h2-4,6-9,11,16,19,21-23,32H,5,10,12-15H2,1H3,(H,29,33)/b9-4-/t16-,19-,21+,22+,23-,27+/m1/s1. The fourth-order valence-corrected chi connectivity index (χ4v) is 6.13. The average Bonchev–Trinajstić information content (AvgIpc) is 3.26. The van der Waals surface area contributed by atoms with Crippen molar-refractivity contribution in [3.8, 4) is 0 Å². The number of esters is 1. The second-order valence-corrected chi connectivity index (χ2v) is 10.3. The quantitative estimate of drug-likeness (QED) is 0.433. The molecule has 0 aliphatic carbocycles. The van der Waals surface area contributed by atoms with Crippen LogP contribution in [0.25, 0.3) is 0 Å². The molecule has 1 aromatic carbocycles. The minimum atomic E-state index is -1.46. The maximum absolute atomic E-state index is 14.2. The number of benzene rings is 1. The van der Waals surface area contributed by atoms with Crippen molar-refractivity contribution in [1.29, 1.82) is 0 Å². The summed E-state index contributed by atoms with van der Waals surface area (Å²) in [5.74, 6) is -3.76. The van der Waals surface area contributed by atoms with Gasteiger partial charge < -0.3 is 29.7 Å². The van der Waals surface area contributed by atoms with Crippen LogP contribution in [0.4, 0.5) is 5.69 Å². The number of hydrogen-bond acceptors (Lipinski definition) is 7. The third-order valence-electron chi connectivity index (χ3n) is 7.52. The van der Waals surface area contributed by atoms with E-state index in [0.717, 1.165) is 0 Å². The number of hydrogen-bond donors (Lipinski definition) is 2. The number of rotatable bonds is 3. The molecule has 2 N–H and O–H groups in total. The lowest BCUT2D eigenvalue weighted by Gasteiger charge is -2.35. The number of halogens is 1. The summed E-state index contributed by atoms with van der Waals surface area (Å²) in [5, 5.41) is 12.9. The van der Waals surface area contributed by atoms with Crippen molar-refractivity contribution in [1.82, 2.24) is 10.2 Å². The van der Waals surface area contributed by atoms with Crippen molar-refractivity contribution >= 4 is 41.0 Å². The Bertz CT molecular complexity index is 1200. The van der Waals surface area contributed by atoms with Crippen LogP contribution in [0.1, 0.15) is 19.8 Å². The van der Waals surface area contributed by atoms with Gasteiger partial charge in [-0.25, -0.2) is 0 Å². The Hall–Kier alpha value is -3.21. The van der Waals surface area contributed by atoms with Crippen LogP contribution in [0.3, 0.4) is 0 Å². The molecule has 5 rings (SSSR count). The van der Waals surface area contributed by atoms with Crippen LogP contribution >= 0.6 is 11.6 Å². The van der Waals surface area contributed by atoms with E-state index >= 15 is 0 Å². The molecule has 38 heavy (non-hydrogen) atoms. The van der Waals surface area contributed by atoms with E-state index in [1.807, 2.05) is 0 Å². The second-order valence-electron chi connectivity index (χ2n) is 9.92.